The Bertz CT molecular complexity index is 524. The number of rotatable bonds is 2. The highest BCUT2D eigenvalue weighted by atomic mass is 19.3. The zero-order valence-corrected chi connectivity index (χ0v) is 13.4. The summed E-state index contributed by atoms with van der Waals surface area (Å²) < 4.78 is 38.3. The third-order valence-electron chi connectivity index (χ3n) is 4.72. The lowest BCUT2D eigenvalue weighted by molar-refractivity contribution is -0.0440. The van der Waals surface area contributed by atoms with Crippen molar-refractivity contribution in [1.82, 2.24) is 10.1 Å². The average Bonchev–Trinajstić information content (AvgIpc) is 3.05. The normalized spacial score (nSPS) is 32.3. The molecule has 22 heavy (non-hydrogen) atoms. The van der Waals surface area contributed by atoms with Crippen LogP contribution >= 0.6 is 0 Å². The summed E-state index contributed by atoms with van der Waals surface area (Å²) in [5.74, 6) is -1.86. The highest BCUT2D eigenvalue weighted by Gasteiger charge is 2.42. The van der Waals surface area contributed by atoms with Gasteiger partial charge < -0.3 is 9.26 Å². The number of hydrogen-bond donors (Lipinski definition) is 0. The molecule has 0 unspecified atom stereocenters. The summed E-state index contributed by atoms with van der Waals surface area (Å²) in [6.45, 7) is 7.05. The third-order valence-corrected chi connectivity index (χ3v) is 4.72. The van der Waals surface area contributed by atoms with E-state index in [2.05, 4.69) is 30.9 Å². The lowest BCUT2D eigenvalue weighted by Crippen LogP contribution is -2.30. The van der Waals surface area contributed by atoms with Gasteiger partial charge in [-0.1, -0.05) is 25.9 Å². The minimum Gasteiger partial charge on any atom is -0.377 e. The van der Waals surface area contributed by atoms with Crippen LogP contribution in [0.1, 0.15) is 76.4 Å². The van der Waals surface area contributed by atoms with Gasteiger partial charge in [-0.15, -0.1) is 0 Å². The molecule has 1 aromatic rings. The van der Waals surface area contributed by atoms with Crippen LogP contribution < -0.4 is 0 Å². The number of alkyl halides is 2. The minimum atomic E-state index is -2.61. The Balaban J connectivity index is 1.76. The van der Waals surface area contributed by atoms with Crippen molar-refractivity contribution in [2.75, 3.05) is 6.61 Å². The zero-order chi connectivity index (χ0) is 16.0. The molecule has 0 bridgehead atoms. The molecule has 0 N–H and O–H groups in total. The van der Waals surface area contributed by atoms with E-state index in [0.29, 0.717) is 31.2 Å². The Morgan fingerprint density at radius 1 is 1.23 bits per heavy atom. The summed E-state index contributed by atoms with van der Waals surface area (Å²) in [6.07, 6.45) is 1.87. The van der Waals surface area contributed by atoms with Crippen LogP contribution in [0.25, 0.3) is 0 Å². The average molecular weight is 314 g/mol. The van der Waals surface area contributed by atoms with E-state index in [1.807, 2.05) is 0 Å². The molecule has 0 radical (unpaired) electrons. The Morgan fingerprint density at radius 3 is 2.68 bits per heavy atom. The molecule has 1 saturated heterocycles. The fourth-order valence-electron chi connectivity index (χ4n) is 3.65. The van der Waals surface area contributed by atoms with Crippen LogP contribution in [0.3, 0.4) is 0 Å². The van der Waals surface area contributed by atoms with Crippen molar-refractivity contribution >= 4 is 0 Å². The predicted octanol–water partition coefficient (Wildman–Crippen LogP) is 4.28. The summed E-state index contributed by atoms with van der Waals surface area (Å²) >= 11 is 0. The molecule has 2 fully saturated rings. The summed E-state index contributed by atoms with van der Waals surface area (Å²) in [6, 6.07) is 0. The fourth-order valence-corrected chi connectivity index (χ4v) is 3.65. The Hall–Kier alpha value is -1.04. The lowest BCUT2D eigenvalue weighted by Gasteiger charge is -2.29. The van der Waals surface area contributed by atoms with Crippen LogP contribution in [0.4, 0.5) is 8.78 Å². The van der Waals surface area contributed by atoms with Crippen molar-refractivity contribution in [3.05, 3.63) is 11.7 Å². The monoisotopic (exact) mass is 314 g/mol. The second-order valence-corrected chi connectivity index (χ2v) is 7.69. The molecule has 3 atom stereocenters. The quantitative estimate of drug-likeness (QED) is 0.817. The fraction of sp³-hybridized carbons (Fsp3) is 0.875. The van der Waals surface area contributed by atoms with Crippen LogP contribution in [-0.4, -0.2) is 28.8 Å². The minimum absolute atomic E-state index is 0.0141. The van der Waals surface area contributed by atoms with Gasteiger partial charge in [-0.2, -0.15) is 4.98 Å². The van der Waals surface area contributed by atoms with Crippen molar-refractivity contribution < 1.29 is 18.0 Å². The highest BCUT2D eigenvalue weighted by molar-refractivity contribution is 5.07. The maximum Gasteiger partial charge on any atom is 0.248 e. The van der Waals surface area contributed by atoms with Gasteiger partial charge in [-0.05, 0) is 24.7 Å². The summed E-state index contributed by atoms with van der Waals surface area (Å²) in [4.78, 5) is 4.45. The molecule has 0 amide bonds. The van der Waals surface area contributed by atoms with E-state index < -0.39 is 5.92 Å². The first kappa shape index (κ1) is 15.8. The number of aromatic nitrogens is 2. The van der Waals surface area contributed by atoms with Gasteiger partial charge in [0.05, 0.1) is 12.0 Å². The number of hydrogen-bond acceptors (Lipinski definition) is 4. The standard InChI is InChI=1S/C16H24F2N2O2/c1-15(2,3)12-11(6-8-21-12)13-19-14(22-20-13)10-5-4-7-16(17,18)9-10/h10-12H,4-9H2,1-3H3/t10-,11+,12+/m1/s1. The van der Waals surface area contributed by atoms with Crippen LogP contribution in [0, 0.1) is 5.41 Å². The van der Waals surface area contributed by atoms with Gasteiger partial charge in [-0.25, -0.2) is 8.78 Å². The van der Waals surface area contributed by atoms with Gasteiger partial charge in [0.25, 0.3) is 0 Å². The van der Waals surface area contributed by atoms with Gasteiger partial charge >= 0.3 is 0 Å². The SMILES string of the molecule is CC(C)(C)[C@H]1OCC[C@@H]1c1noc([C@@H]2CCCC(F)(F)C2)n1. The maximum absolute atomic E-state index is 13.6. The summed E-state index contributed by atoms with van der Waals surface area (Å²) in [5, 5.41) is 4.07. The molecule has 0 aromatic carbocycles. The first-order valence-corrected chi connectivity index (χ1v) is 8.09. The molecule has 3 rings (SSSR count). The first-order chi connectivity index (χ1) is 10.3. The Morgan fingerprint density at radius 2 is 2.00 bits per heavy atom. The van der Waals surface area contributed by atoms with E-state index in [1.54, 1.807) is 0 Å². The molecule has 1 aliphatic heterocycles. The van der Waals surface area contributed by atoms with E-state index in [0.717, 1.165) is 6.42 Å². The largest absolute Gasteiger partial charge is 0.377 e. The molecular weight excluding hydrogens is 290 g/mol. The van der Waals surface area contributed by atoms with Crippen molar-refractivity contribution in [3.8, 4) is 0 Å². The van der Waals surface area contributed by atoms with E-state index in [1.165, 1.54) is 0 Å². The molecule has 6 heteroatoms. The molecule has 1 aromatic heterocycles. The van der Waals surface area contributed by atoms with Gasteiger partial charge in [0, 0.05) is 25.4 Å². The van der Waals surface area contributed by atoms with Crippen molar-refractivity contribution in [3.63, 3.8) is 0 Å². The number of ether oxygens (including phenoxy) is 1. The maximum atomic E-state index is 13.6. The topological polar surface area (TPSA) is 48.2 Å². The van der Waals surface area contributed by atoms with E-state index in [9.17, 15) is 8.78 Å². The van der Waals surface area contributed by atoms with Gasteiger partial charge in [0.2, 0.25) is 11.8 Å². The van der Waals surface area contributed by atoms with Crippen molar-refractivity contribution in [1.29, 1.82) is 0 Å². The van der Waals surface area contributed by atoms with Crippen LogP contribution in [0.5, 0.6) is 0 Å². The van der Waals surface area contributed by atoms with E-state index in [-0.39, 0.29) is 36.2 Å². The number of nitrogens with zero attached hydrogens (tertiary/aromatic N) is 2. The molecule has 124 valence electrons. The van der Waals surface area contributed by atoms with Crippen molar-refractivity contribution in [2.24, 2.45) is 5.41 Å². The molecule has 1 aliphatic carbocycles. The summed E-state index contributed by atoms with van der Waals surface area (Å²) in [7, 11) is 0. The van der Waals surface area contributed by atoms with E-state index in [4.69, 9.17) is 9.26 Å². The Labute approximate surface area is 129 Å². The molecule has 2 aliphatic rings. The molecule has 1 saturated carbocycles. The molecule has 0 spiro atoms. The lowest BCUT2D eigenvalue weighted by atomic mass is 9.81. The van der Waals surface area contributed by atoms with Crippen LogP contribution in [0.2, 0.25) is 0 Å². The summed E-state index contributed by atoms with van der Waals surface area (Å²) in [5.41, 5.74) is -0.0141. The Kier molecular flexibility index (Phi) is 4.00. The van der Waals surface area contributed by atoms with Crippen molar-refractivity contribution in [2.45, 2.75) is 76.7 Å². The van der Waals surface area contributed by atoms with Gasteiger partial charge in [-0.3, -0.25) is 0 Å². The van der Waals surface area contributed by atoms with Crippen LogP contribution in [0.15, 0.2) is 4.52 Å². The second kappa shape index (κ2) is 5.55. The molecule has 2 heterocycles. The molecular formula is C16H24F2N2O2. The van der Waals surface area contributed by atoms with Gasteiger partial charge in [0.1, 0.15) is 0 Å². The highest BCUT2D eigenvalue weighted by Crippen LogP contribution is 2.43. The smallest absolute Gasteiger partial charge is 0.248 e. The predicted molar refractivity (Wildman–Crippen MR) is 77.0 cm³/mol. The molecule has 4 nitrogen and oxygen atoms in total. The van der Waals surface area contributed by atoms with Crippen LogP contribution in [-0.2, 0) is 4.74 Å². The third kappa shape index (κ3) is 3.16. The van der Waals surface area contributed by atoms with E-state index >= 15 is 0 Å². The second-order valence-electron chi connectivity index (χ2n) is 7.69. The first-order valence-electron chi connectivity index (χ1n) is 8.09. The van der Waals surface area contributed by atoms with Gasteiger partial charge in [0.15, 0.2) is 5.82 Å². The number of halogens is 2. The zero-order valence-electron chi connectivity index (χ0n) is 13.4.